The maximum absolute atomic E-state index is 12.8. The topological polar surface area (TPSA) is 142 Å². The number of carbonyl (C=O) groups is 2. The van der Waals surface area contributed by atoms with Gasteiger partial charge in [0, 0.05) is 17.0 Å². The molecule has 198 valence electrons. The number of nitriles is 1. The quantitative estimate of drug-likeness (QED) is 0.242. The predicted molar refractivity (Wildman–Crippen MR) is 146 cm³/mol. The van der Waals surface area contributed by atoms with Crippen LogP contribution in [-0.4, -0.2) is 51.2 Å². The van der Waals surface area contributed by atoms with Crippen molar-refractivity contribution in [1.82, 2.24) is 20.1 Å². The Balaban J connectivity index is 1.44. The normalized spacial score (nSPS) is 13.2. The SMILES string of the molecule is C=CCn1c(SCC(=O)Nc2sc3c(c2C#N)CCCC3)nnc1C(CO)NC(=O)c1ccc(OC)cc1. The van der Waals surface area contributed by atoms with Crippen molar-refractivity contribution in [3.05, 3.63) is 64.3 Å². The van der Waals surface area contributed by atoms with Crippen molar-refractivity contribution in [2.75, 3.05) is 24.8 Å². The number of aliphatic hydroxyl groups excluding tert-OH is 1. The summed E-state index contributed by atoms with van der Waals surface area (Å²) in [5.74, 6) is 0.367. The van der Waals surface area contributed by atoms with Gasteiger partial charge in [-0.2, -0.15) is 5.26 Å². The predicted octanol–water partition coefficient (Wildman–Crippen LogP) is 3.48. The molecule has 1 unspecified atom stereocenters. The number of nitrogens with one attached hydrogen (secondary N) is 2. The number of benzene rings is 1. The molecule has 2 heterocycles. The third kappa shape index (κ3) is 6.07. The maximum Gasteiger partial charge on any atom is 0.251 e. The second-order valence-electron chi connectivity index (χ2n) is 8.54. The number of carbonyl (C=O) groups excluding carboxylic acids is 2. The van der Waals surface area contributed by atoms with Gasteiger partial charge in [-0.25, -0.2) is 0 Å². The summed E-state index contributed by atoms with van der Waals surface area (Å²) in [7, 11) is 1.54. The first-order valence-corrected chi connectivity index (χ1v) is 13.9. The molecule has 0 fully saturated rings. The van der Waals surface area contributed by atoms with E-state index in [1.54, 1.807) is 42.0 Å². The molecule has 0 saturated carbocycles. The molecule has 3 N–H and O–H groups in total. The molecule has 0 aliphatic heterocycles. The summed E-state index contributed by atoms with van der Waals surface area (Å²) in [6.45, 7) is 3.69. The lowest BCUT2D eigenvalue weighted by atomic mass is 9.96. The van der Waals surface area contributed by atoms with Gasteiger partial charge in [-0.15, -0.1) is 28.1 Å². The minimum atomic E-state index is -0.823. The summed E-state index contributed by atoms with van der Waals surface area (Å²) in [6, 6.07) is 8.02. The largest absolute Gasteiger partial charge is 0.497 e. The fourth-order valence-corrected chi connectivity index (χ4v) is 6.22. The van der Waals surface area contributed by atoms with E-state index in [0.29, 0.717) is 39.4 Å². The van der Waals surface area contributed by atoms with E-state index in [9.17, 15) is 20.0 Å². The van der Waals surface area contributed by atoms with Crippen LogP contribution in [0.5, 0.6) is 5.75 Å². The van der Waals surface area contributed by atoms with Gasteiger partial charge in [-0.1, -0.05) is 17.8 Å². The third-order valence-corrected chi connectivity index (χ3v) is 8.25. The molecule has 1 aliphatic rings. The lowest BCUT2D eigenvalue weighted by Gasteiger charge is -2.17. The van der Waals surface area contributed by atoms with Crippen molar-refractivity contribution in [1.29, 1.82) is 5.26 Å². The Hall–Kier alpha value is -3.66. The molecule has 1 aliphatic carbocycles. The van der Waals surface area contributed by atoms with Crippen molar-refractivity contribution in [3.8, 4) is 11.8 Å². The first-order chi connectivity index (χ1) is 18.5. The highest BCUT2D eigenvalue weighted by Gasteiger charge is 2.25. The van der Waals surface area contributed by atoms with E-state index >= 15 is 0 Å². The van der Waals surface area contributed by atoms with Gasteiger partial charge in [0.25, 0.3) is 5.91 Å². The Kier molecular flexibility index (Phi) is 9.17. The highest BCUT2D eigenvalue weighted by atomic mass is 32.2. The number of aryl methyl sites for hydroxylation is 1. The van der Waals surface area contributed by atoms with E-state index in [1.807, 2.05) is 0 Å². The Bertz CT molecular complexity index is 1360. The van der Waals surface area contributed by atoms with Gasteiger partial charge in [0.05, 0.1) is 25.0 Å². The van der Waals surface area contributed by atoms with E-state index < -0.39 is 12.6 Å². The van der Waals surface area contributed by atoms with E-state index in [2.05, 4.69) is 33.5 Å². The molecule has 0 radical (unpaired) electrons. The summed E-state index contributed by atoms with van der Waals surface area (Å²) in [6.07, 6.45) is 5.60. The second kappa shape index (κ2) is 12.7. The standard InChI is InChI=1S/C26H28N6O4S2/c1-3-12-32-23(20(14-33)28-24(35)16-8-10-17(36-2)11-9-16)30-31-26(32)37-15-22(34)29-25-19(13-27)18-6-4-5-7-21(18)38-25/h3,8-11,20,33H,1,4-7,12,14-15H2,2H3,(H,28,35)(H,29,34). The van der Waals surface area contributed by atoms with Crippen molar-refractivity contribution >= 4 is 39.9 Å². The first-order valence-electron chi connectivity index (χ1n) is 12.1. The van der Waals surface area contributed by atoms with Gasteiger partial charge in [-0.3, -0.25) is 9.59 Å². The van der Waals surface area contributed by atoms with E-state index in [-0.39, 0.29) is 17.6 Å². The molecule has 12 heteroatoms. The van der Waals surface area contributed by atoms with Crippen molar-refractivity contribution in [2.24, 2.45) is 0 Å². The lowest BCUT2D eigenvalue weighted by Crippen LogP contribution is -2.33. The van der Waals surface area contributed by atoms with Crippen LogP contribution in [0.1, 0.15) is 51.1 Å². The molecule has 38 heavy (non-hydrogen) atoms. The molecule has 1 atom stereocenters. The Labute approximate surface area is 228 Å². The maximum atomic E-state index is 12.8. The molecule has 0 bridgehead atoms. The van der Waals surface area contributed by atoms with Crippen LogP contribution >= 0.6 is 23.1 Å². The fourth-order valence-electron chi connectivity index (χ4n) is 4.21. The van der Waals surface area contributed by atoms with Crippen molar-refractivity contribution < 1.29 is 19.4 Å². The van der Waals surface area contributed by atoms with E-state index in [4.69, 9.17) is 4.74 Å². The van der Waals surface area contributed by atoms with Crippen LogP contribution in [0.4, 0.5) is 5.00 Å². The molecule has 3 aromatic rings. The van der Waals surface area contributed by atoms with Gasteiger partial charge in [-0.05, 0) is 55.5 Å². The van der Waals surface area contributed by atoms with E-state index in [0.717, 1.165) is 31.2 Å². The number of ether oxygens (including phenoxy) is 1. The molecule has 10 nitrogen and oxygen atoms in total. The van der Waals surface area contributed by atoms with Gasteiger partial charge < -0.3 is 25.0 Å². The molecule has 4 rings (SSSR count). The van der Waals surface area contributed by atoms with Crippen LogP contribution in [0.3, 0.4) is 0 Å². The monoisotopic (exact) mass is 552 g/mol. The van der Waals surface area contributed by atoms with Gasteiger partial charge in [0.1, 0.15) is 22.9 Å². The van der Waals surface area contributed by atoms with Crippen molar-refractivity contribution in [2.45, 2.75) is 43.4 Å². The molecule has 2 aromatic heterocycles. The number of anilines is 1. The number of thioether (sulfide) groups is 1. The smallest absolute Gasteiger partial charge is 0.251 e. The average molecular weight is 553 g/mol. The summed E-state index contributed by atoms with van der Waals surface area (Å²) in [5.41, 5.74) is 2.03. The zero-order valence-electron chi connectivity index (χ0n) is 20.9. The van der Waals surface area contributed by atoms with Gasteiger partial charge in [0.2, 0.25) is 5.91 Å². The summed E-state index contributed by atoms with van der Waals surface area (Å²) in [4.78, 5) is 26.7. The van der Waals surface area contributed by atoms with Crippen LogP contribution in [0.25, 0.3) is 0 Å². The summed E-state index contributed by atoms with van der Waals surface area (Å²) in [5, 5.41) is 34.7. The highest BCUT2D eigenvalue weighted by Crippen LogP contribution is 2.37. The third-order valence-electron chi connectivity index (χ3n) is 6.08. The van der Waals surface area contributed by atoms with Crippen LogP contribution < -0.4 is 15.4 Å². The summed E-state index contributed by atoms with van der Waals surface area (Å²) >= 11 is 2.65. The summed E-state index contributed by atoms with van der Waals surface area (Å²) < 4.78 is 6.82. The minimum Gasteiger partial charge on any atom is -0.497 e. The first kappa shape index (κ1) is 27.4. The number of aromatic nitrogens is 3. The average Bonchev–Trinajstić information content (AvgIpc) is 3.50. The molecule has 2 amide bonds. The Morgan fingerprint density at radius 1 is 1.32 bits per heavy atom. The van der Waals surface area contributed by atoms with E-state index in [1.165, 1.54) is 28.0 Å². The number of amides is 2. The van der Waals surface area contributed by atoms with Gasteiger partial charge in [0.15, 0.2) is 11.0 Å². The van der Waals surface area contributed by atoms with Gasteiger partial charge >= 0.3 is 0 Å². The number of allylic oxidation sites excluding steroid dienone is 1. The van der Waals surface area contributed by atoms with Crippen LogP contribution in [0, 0.1) is 11.3 Å². The number of fused-ring (bicyclic) bond motifs is 1. The number of rotatable bonds is 11. The number of hydrogen-bond donors (Lipinski definition) is 3. The number of thiophene rings is 1. The molecule has 0 spiro atoms. The zero-order chi connectivity index (χ0) is 27.1. The Morgan fingerprint density at radius 2 is 2.08 bits per heavy atom. The zero-order valence-corrected chi connectivity index (χ0v) is 22.5. The molecular weight excluding hydrogens is 524 g/mol. The number of hydrogen-bond acceptors (Lipinski definition) is 9. The number of methoxy groups -OCH3 is 1. The molecule has 0 saturated heterocycles. The minimum absolute atomic E-state index is 0.0463. The molecule has 1 aromatic carbocycles. The molecular formula is C26H28N6O4S2. The fraction of sp³-hybridized carbons (Fsp3) is 0.346. The van der Waals surface area contributed by atoms with Crippen LogP contribution in [0.15, 0.2) is 42.1 Å². The number of aliphatic hydroxyl groups is 1. The highest BCUT2D eigenvalue weighted by molar-refractivity contribution is 7.99. The van der Waals surface area contributed by atoms with Crippen molar-refractivity contribution in [3.63, 3.8) is 0 Å². The second-order valence-corrected chi connectivity index (χ2v) is 10.6. The number of nitrogens with zero attached hydrogens (tertiary/aromatic N) is 4. The lowest BCUT2D eigenvalue weighted by molar-refractivity contribution is -0.113. The van der Waals surface area contributed by atoms with Crippen LogP contribution in [-0.2, 0) is 24.2 Å². The Morgan fingerprint density at radius 3 is 2.76 bits per heavy atom. The van der Waals surface area contributed by atoms with Crippen LogP contribution in [0.2, 0.25) is 0 Å².